The van der Waals surface area contributed by atoms with Crippen LogP contribution in [0.1, 0.15) is 12.1 Å². The fraction of sp³-hybridized carbons (Fsp3) is 0.571. The molecule has 0 aromatic carbocycles. The fourth-order valence-corrected chi connectivity index (χ4v) is 0.703. The van der Waals surface area contributed by atoms with Crippen LogP contribution in [-0.2, 0) is 6.54 Å². The number of hydrogen-bond acceptors (Lipinski definition) is 4. The van der Waals surface area contributed by atoms with Gasteiger partial charge in [0.15, 0.2) is 0 Å². The van der Waals surface area contributed by atoms with Crippen molar-refractivity contribution in [3.63, 3.8) is 0 Å². The van der Waals surface area contributed by atoms with Gasteiger partial charge in [0, 0.05) is 6.54 Å². The lowest BCUT2D eigenvalue weighted by Crippen LogP contribution is -2.13. The lowest BCUT2D eigenvalue weighted by atomic mass is 10.4. The van der Waals surface area contributed by atoms with E-state index >= 15 is 0 Å². The smallest absolute Gasteiger partial charge is 0.393 e. The maximum absolute atomic E-state index is 11.7. The third-order valence-electron chi connectivity index (χ3n) is 1.35. The zero-order chi connectivity index (χ0) is 10.6. The van der Waals surface area contributed by atoms with E-state index in [1.165, 1.54) is 6.26 Å². The molecule has 14 heavy (non-hydrogen) atoms. The Morgan fingerprint density at radius 1 is 1.50 bits per heavy atom. The molecule has 0 aliphatic carbocycles. The molecule has 0 saturated carbocycles. The van der Waals surface area contributed by atoms with Crippen molar-refractivity contribution in [3.05, 3.63) is 12.0 Å². The minimum atomic E-state index is -4.23. The quantitative estimate of drug-likeness (QED) is 0.817. The Labute approximate surface area is 77.9 Å². The highest BCUT2D eigenvalue weighted by Crippen LogP contribution is 2.20. The van der Waals surface area contributed by atoms with Crippen molar-refractivity contribution in [1.29, 1.82) is 0 Å². The zero-order valence-electron chi connectivity index (χ0n) is 7.17. The Morgan fingerprint density at radius 2 is 2.21 bits per heavy atom. The standard InChI is InChI=1S/C7H9F3N2O2/c8-7(9,10)1-2-13-6-12-5(3-11)4-14-6/h4H,1-3,11H2. The molecule has 0 aliphatic rings. The Kier molecular flexibility index (Phi) is 3.34. The van der Waals surface area contributed by atoms with Crippen LogP contribution >= 0.6 is 0 Å². The van der Waals surface area contributed by atoms with Crippen LogP contribution in [-0.4, -0.2) is 17.8 Å². The molecule has 0 spiro atoms. The largest absolute Gasteiger partial charge is 0.450 e. The average molecular weight is 210 g/mol. The predicted octanol–water partition coefficient (Wildman–Crippen LogP) is 1.46. The maximum Gasteiger partial charge on any atom is 0.393 e. The fourth-order valence-electron chi connectivity index (χ4n) is 0.703. The third kappa shape index (κ3) is 3.65. The van der Waals surface area contributed by atoms with Crippen LogP contribution in [0.3, 0.4) is 0 Å². The molecule has 0 atom stereocenters. The number of halogens is 3. The summed E-state index contributed by atoms with van der Waals surface area (Å²) in [5.41, 5.74) is 5.64. The molecule has 1 aromatic heterocycles. The monoisotopic (exact) mass is 210 g/mol. The van der Waals surface area contributed by atoms with Gasteiger partial charge >= 0.3 is 12.3 Å². The molecule has 0 bridgehead atoms. The van der Waals surface area contributed by atoms with Gasteiger partial charge in [0.2, 0.25) is 0 Å². The number of nitrogens with two attached hydrogens (primary N) is 1. The molecule has 1 aromatic rings. The summed E-state index contributed by atoms with van der Waals surface area (Å²) in [7, 11) is 0. The number of oxazole rings is 1. The Bertz CT molecular complexity index is 285. The minimum absolute atomic E-state index is 0.159. The van der Waals surface area contributed by atoms with Gasteiger partial charge in [-0.2, -0.15) is 18.2 Å². The van der Waals surface area contributed by atoms with Gasteiger partial charge in [-0.1, -0.05) is 0 Å². The Morgan fingerprint density at radius 3 is 2.71 bits per heavy atom. The van der Waals surface area contributed by atoms with Crippen LogP contribution in [0, 0.1) is 0 Å². The number of hydrogen-bond donors (Lipinski definition) is 1. The summed E-state index contributed by atoms with van der Waals surface area (Å²) in [6.45, 7) is -0.347. The third-order valence-corrected chi connectivity index (χ3v) is 1.35. The highest BCUT2D eigenvalue weighted by molar-refractivity contribution is 4.98. The summed E-state index contributed by atoms with van der Waals surface area (Å²) < 4.78 is 44.3. The van der Waals surface area contributed by atoms with Crippen molar-refractivity contribution in [2.24, 2.45) is 5.73 Å². The number of rotatable bonds is 4. The zero-order valence-corrected chi connectivity index (χ0v) is 7.17. The molecular weight excluding hydrogens is 201 g/mol. The Hall–Kier alpha value is -1.24. The van der Waals surface area contributed by atoms with Crippen LogP contribution in [0.2, 0.25) is 0 Å². The van der Waals surface area contributed by atoms with Gasteiger partial charge in [0.05, 0.1) is 12.1 Å². The second-order valence-electron chi connectivity index (χ2n) is 2.52. The average Bonchev–Trinajstić information content (AvgIpc) is 2.50. The van der Waals surface area contributed by atoms with Gasteiger partial charge < -0.3 is 14.9 Å². The first-order chi connectivity index (χ1) is 6.51. The van der Waals surface area contributed by atoms with Gasteiger partial charge in [-0.05, 0) is 0 Å². The molecule has 0 saturated heterocycles. The summed E-state index contributed by atoms with van der Waals surface area (Å²) in [5, 5.41) is 0. The van der Waals surface area contributed by atoms with E-state index in [0.29, 0.717) is 5.69 Å². The SMILES string of the molecule is NCc1coc(OCCC(F)(F)F)n1. The second kappa shape index (κ2) is 4.32. The molecule has 1 heterocycles. The van der Waals surface area contributed by atoms with Crippen LogP contribution in [0.5, 0.6) is 6.08 Å². The van der Waals surface area contributed by atoms with E-state index in [1.807, 2.05) is 0 Å². The first kappa shape index (κ1) is 10.8. The maximum atomic E-state index is 11.7. The molecule has 0 unspecified atom stereocenters. The molecule has 0 amide bonds. The van der Waals surface area contributed by atoms with Gasteiger partial charge in [0.25, 0.3) is 0 Å². The summed E-state index contributed by atoms with van der Waals surface area (Å²) >= 11 is 0. The molecule has 7 heteroatoms. The second-order valence-corrected chi connectivity index (χ2v) is 2.52. The van der Waals surface area contributed by atoms with Crippen molar-refractivity contribution in [1.82, 2.24) is 4.98 Å². The molecule has 0 fully saturated rings. The van der Waals surface area contributed by atoms with Gasteiger partial charge in [-0.25, -0.2) is 0 Å². The van der Waals surface area contributed by atoms with E-state index in [2.05, 4.69) is 14.1 Å². The highest BCUT2D eigenvalue weighted by atomic mass is 19.4. The van der Waals surface area contributed by atoms with E-state index in [4.69, 9.17) is 5.73 Å². The van der Waals surface area contributed by atoms with Crippen molar-refractivity contribution in [2.45, 2.75) is 19.1 Å². The lowest BCUT2D eigenvalue weighted by molar-refractivity contribution is -0.140. The van der Waals surface area contributed by atoms with E-state index in [-0.39, 0.29) is 12.6 Å². The van der Waals surface area contributed by atoms with Crippen LogP contribution in [0.25, 0.3) is 0 Å². The van der Waals surface area contributed by atoms with E-state index < -0.39 is 19.2 Å². The molecular formula is C7H9F3N2O2. The van der Waals surface area contributed by atoms with Crippen LogP contribution in [0.15, 0.2) is 10.7 Å². The van der Waals surface area contributed by atoms with E-state index in [9.17, 15) is 13.2 Å². The minimum Gasteiger partial charge on any atom is -0.450 e. The normalized spacial score (nSPS) is 11.7. The molecule has 1 rings (SSSR count). The van der Waals surface area contributed by atoms with Crippen molar-refractivity contribution < 1.29 is 22.3 Å². The predicted molar refractivity (Wildman–Crippen MR) is 40.6 cm³/mol. The summed E-state index contributed by atoms with van der Waals surface area (Å²) in [5.74, 6) is 0. The molecule has 0 radical (unpaired) electrons. The topological polar surface area (TPSA) is 61.3 Å². The summed E-state index contributed by atoms with van der Waals surface area (Å²) in [6, 6.07) is 0. The molecule has 2 N–H and O–H groups in total. The summed E-state index contributed by atoms with van der Waals surface area (Å²) in [6.07, 6.45) is -4.21. The molecule has 0 aliphatic heterocycles. The van der Waals surface area contributed by atoms with Gasteiger partial charge in [-0.3, -0.25) is 0 Å². The number of alkyl halides is 3. The highest BCUT2D eigenvalue weighted by Gasteiger charge is 2.27. The van der Waals surface area contributed by atoms with Crippen molar-refractivity contribution >= 4 is 0 Å². The number of ether oxygens (including phenoxy) is 1. The van der Waals surface area contributed by atoms with Crippen LogP contribution in [0.4, 0.5) is 13.2 Å². The molecule has 80 valence electrons. The summed E-state index contributed by atoms with van der Waals surface area (Å²) in [4.78, 5) is 3.67. The number of nitrogens with zero attached hydrogens (tertiary/aromatic N) is 1. The van der Waals surface area contributed by atoms with Crippen molar-refractivity contribution in [3.8, 4) is 6.08 Å². The first-order valence-electron chi connectivity index (χ1n) is 3.85. The van der Waals surface area contributed by atoms with Crippen LogP contribution < -0.4 is 10.5 Å². The van der Waals surface area contributed by atoms with Gasteiger partial charge in [0.1, 0.15) is 12.9 Å². The lowest BCUT2D eigenvalue weighted by Gasteiger charge is -2.04. The first-order valence-corrected chi connectivity index (χ1v) is 3.85. The number of aromatic nitrogens is 1. The van der Waals surface area contributed by atoms with Gasteiger partial charge in [-0.15, -0.1) is 0 Å². The Balaban J connectivity index is 2.31. The van der Waals surface area contributed by atoms with E-state index in [0.717, 1.165) is 0 Å². The molecule has 4 nitrogen and oxygen atoms in total. The van der Waals surface area contributed by atoms with E-state index in [1.54, 1.807) is 0 Å². The van der Waals surface area contributed by atoms with Crippen molar-refractivity contribution in [2.75, 3.05) is 6.61 Å².